The number of carbonyl (C=O) groups excluding carboxylic acids is 1. The monoisotopic (exact) mass is 286 g/mol. The van der Waals surface area contributed by atoms with E-state index < -0.39 is 0 Å². The van der Waals surface area contributed by atoms with E-state index >= 15 is 0 Å². The Balaban J connectivity index is 1.55. The lowest BCUT2D eigenvalue weighted by molar-refractivity contribution is -0.122. The van der Waals surface area contributed by atoms with Gasteiger partial charge >= 0.3 is 0 Å². The number of nitrogens with one attached hydrogen (secondary N) is 2. The van der Waals surface area contributed by atoms with Crippen LogP contribution in [0.15, 0.2) is 30.3 Å². The highest BCUT2D eigenvalue weighted by Crippen LogP contribution is 2.37. The van der Waals surface area contributed by atoms with E-state index in [0.29, 0.717) is 18.3 Å². The quantitative estimate of drug-likeness (QED) is 0.844. The maximum Gasteiger partial charge on any atom is 0.220 e. The van der Waals surface area contributed by atoms with Crippen LogP contribution in [0.4, 0.5) is 0 Å². The molecular weight excluding hydrogens is 260 g/mol. The fraction of sp³-hybridized carbons (Fsp3) is 0.611. The van der Waals surface area contributed by atoms with Crippen LogP contribution >= 0.6 is 0 Å². The number of amides is 1. The highest BCUT2D eigenvalue weighted by Gasteiger charge is 2.29. The van der Waals surface area contributed by atoms with E-state index in [1.165, 1.54) is 31.2 Å². The van der Waals surface area contributed by atoms with Crippen molar-refractivity contribution in [1.82, 2.24) is 10.6 Å². The number of carbonyl (C=O) groups is 1. The highest BCUT2D eigenvalue weighted by atomic mass is 16.1. The van der Waals surface area contributed by atoms with E-state index in [1.807, 2.05) is 6.07 Å². The van der Waals surface area contributed by atoms with Crippen LogP contribution < -0.4 is 10.6 Å². The predicted molar refractivity (Wildman–Crippen MR) is 84.9 cm³/mol. The Morgan fingerprint density at radius 2 is 2.05 bits per heavy atom. The molecule has 114 valence electrons. The fourth-order valence-electron chi connectivity index (χ4n) is 3.45. The van der Waals surface area contributed by atoms with E-state index in [4.69, 9.17) is 0 Å². The first-order valence-corrected chi connectivity index (χ1v) is 8.38. The second-order valence-electron chi connectivity index (χ2n) is 6.54. The lowest BCUT2D eigenvalue weighted by Crippen LogP contribution is -2.36. The zero-order valence-corrected chi connectivity index (χ0v) is 12.7. The van der Waals surface area contributed by atoms with Gasteiger partial charge in [-0.2, -0.15) is 0 Å². The van der Waals surface area contributed by atoms with Gasteiger partial charge in [-0.1, -0.05) is 36.8 Å². The van der Waals surface area contributed by atoms with Gasteiger partial charge < -0.3 is 10.6 Å². The number of hydrogen-bond donors (Lipinski definition) is 2. The Hall–Kier alpha value is -1.35. The van der Waals surface area contributed by atoms with Crippen LogP contribution in [-0.2, 0) is 4.79 Å². The summed E-state index contributed by atoms with van der Waals surface area (Å²) < 4.78 is 0. The third-order valence-electron chi connectivity index (χ3n) is 5.04. The Labute approximate surface area is 127 Å². The van der Waals surface area contributed by atoms with Crippen molar-refractivity contribution in [2.24, 2.45) is 11.8 Å². The van der Waals surface area contributed by atoms with E-state index in [9.17, 15) is 4.79 Å². The Morgan fingerprint density at radius 1 is 1.24 bits per heavy atom. The van der Waals surface area contributed by atoms with Gasteiger partial charge in [-0.05, 0) is 56.2 Å². The van der Waals surface area contributed by atoms with Gasteiger partial charge in [0.15, 0.2) is 0 Å². The molecule has 3 rings (SSSR count). The van der Waals surface area contributed by atoms with Crippen molar-refractivity contribution in [3.05, 3.63) is 35.9 Å². The minimum atomic E-state index is 0.217. The molecule has 1 aliphatic heterocycles. The summed E-state index contributed by atoms with van der Waals surface area (Å²) in [6.07, 6.45) is 6.70. The van der Waals surface area contributed by atoms with Gasteiger partial charge in [0.2, 0.25) is 5.91 Å². The molecule has 1 heterocycles. The molecule has 2 atom stereocenters. The van der Waals surface area contributed by atoms with E-state index in [-0.39, 0.29) is 11.9 Å². The zero-order valence-electron chi connectivity index (χ0n) is 12.7. The number of benzene rings is 1. The minimum absolute atomic E-state index is 0.217. The standard InChI is InChI=1S/C18H26N2O/c21-17(10-9-14-11-12-19-13-14)20-18(16-7-4-8-16)15-5-2-1-3-6-15/h1-3,5-6,14,16,18-19H,4,7-13H2,(H,20,21). The average Bonchev–Trinajstić information content (AvgIpc) is 2.97. The summed E-state index contributed by atoms with van der Waals surface area (Å²) in [7, 11) is 0. The lowest BCUT2D eigenvalue weighted by atomic mass is 9.77. The molecule has 0 spiro atoms. The minimum Gasteiger partial charge on any atom is -0.349 e. The second kappa shape index (κ2) is 7.08. The molecule has 3 heteroatoms. The maximum absolute atomic E-state index is 12.3. The van der Waals surface area contributed by atoms with Crippen molar-refractivity contribution in [3.63, 3.8) is 0 Å². The van der Waals surface area contributed by atoms with Gasteiger partial charge in [0.05, 0.1) is 6.04 Å². The first kappa shape index (κ1) is 14.6. The van der Waals surface area contributed by atoms with Crippen LogP contribution in [-0.4, -0.2) is 19.0 Å². The van der Waals surface area contributed by atoms with Gasteiger partial charge in [-0.25, -0.2) is 0 Å². The molecule has 0 aromatic heterocycles. The second-order valence-corrected chi connectivity index (χ2v) is 6.54. The molecule has 1 saturated carbocycles. The number of rotatable bonds is 6. The third kappa shape index (κ3) is 3.85. The Morgan fingerprint density at radius 3 is 2.67 bits per heavy atom. The first-order valence-electron chi connectivity index (χ1n) is 8.38. The highest BCUT2D eigenvalue weighted by molar-refractivity contribution is 5.76. The Bertz CT molecular complexity index is 450. The summed E-state index contributed by atoms with van der Waals surface area (Å²) in [6, 6.07) is 10.7. The van der Waals surface area contributed by atoms with Crippen LogP contribution in [0.25, 0.3) is 0 Å². The molecule has 0 radical (unpaired) electrons. The normalized spacial score (nSPS) is 23.5. The molecule has 21 heavy (non-hydrogen) atoms. The smallest absolute Gasteiger partial charge is 0.220 e. The molecule has 2 unspecified atom stereocenters. The van der Waals surface area contributed by atoms with Crippen LogP contribution in [0, 0.1) is 11.8 Å². The summed E-state index contributed by atoms with van der Waals surface area (Å²) in [5.74, 6) is 1.54. The molecule has 1 aromatic carbocycles. The molecule has 3 nitrogen and oxygen atoms in total. The molecule has 1 amide bonds. The Kier molecular flexibility index (Phi) is 4.91. The molecule has 2 fully saturated rings. The average molecular weight is 286 g/mol. The summed E-state index contributed by atoms with van der Waals surface area (Å²) in [6.45, 7) is 2.19. The van der Waals surface area contributed by atoms with Crippen molar-refractivity contribution in [1.29, 1.82) is 0 Å². The predicted octanol–water partition coefficient (Wildman–Crippen LogP) is 3.03. The van der Waals surface area contributed by atoms with Crippen LogP contribution in [0.1, 0.15) is 50.1 Å². The van der Waals surface area contributed by atoms with Gasteiger partial charge in [0.25, 0.3) is 0 Å². The number of hydrogen-bond acceptors (Lipinski definition) is 2. The van der Waals surface area contributed by atoms with Crippen molar-refractivity contribution < 1.29 is 4.79 Å². The summed E-state index contributed by atoms with van der Waals surface area (Å²) >= 11 is 0. The lowest BCUT2D eigenvalue weighted by Gasteiger charge is -2.34. The van der Waals surface area contributed by atoms with E-state index in [0.717, 1.165) is 19.5 Å². The van der Waals surface area contributed by atoms with Crippen molar-refractivity contribution >= 4 is 5.91 Å². The van der Waals surface area contributed by atoms with Gasteiger partial charge in [-0.3, -0.25) is 4.79 Å². The molecule has 0 bridgehead atoms. The first-order chi connectivity index (χ1) is 10.3. The van der Waals surface area contributed by atoms with Crippen LogP contribution in [0.5, 0.6) is 0 Å². The fourth-order valence-corrected chi connectivity index (χ4v) is 3.45. The maximum atomic E-state index is 12.3. The summed E-state index contributed by atoms with van der Waals surface area (Å²) in [5.41, 5.74) is 1.26. The summed E-state index contributed by atoms with van der Waals surface area (Å²) in [5, 5.41) is 6.67. The SMILES string of the molecule is O=C(CCC1CCNC1)NC(c1ccccc1)C1CCC1. The molecule has 1 aliphatic carbocycles. The molecule has 1 saturated heterocycles. The molecule has 2 N–H and O–H groups in total. The summed E-state index contributed by atoms with van der Waals surface area (Å²) in [4.78, 5) is 12.3. The molecule has 2 aliphatic rings. The van der Waals surface area contributed by atoms with Crippen LogP contribution in [0.2, 0.25) is 0 Å². The molecular formula is C18H26N2O. The largest absolute Gasteiger partial charge is 0.349 e. The van der Waals surface area contributed by atoms with Crippen molar-refractivity contribution in [2.75, 3.05) is 13.1 Å². The van der Waals surface area contributed by atoms with Gasteiger partial charge in [-0.15, -0.1) is 0 Å². The van der Waals surface area contributed by atoms with Crippen LogP contribution in [0.3, 0.4) is 0 Å². The van der Waals surface area contributed by atoms with E-state index in [2.05, 4.69) is 34.9 Å². The van der Waals surface area contributed by atoms with E-state index in [1.54, 1.807) is 0 Å². The van der Waals surface area contributed by atoms with Crippen molar-refractivity contribution in [3.8, 4) is 0 Å². The van der Waals surface area contributed by atoms with Crippen molar-refractivity contribution in [2.45, 2.75) is 44.6 Å². The van der Waals surface area contributed by atoms with Gasteiger partial charge in [0.1, 0.15) is 0 Å². The zero-order chi connectivity index (χ0) is 14.5. The van der Waals surface area contributed by atoms with Gasteiger partial charge in [0, 0.05) is 6.42 Å². The third-order valence-corrected chi connectivity index (χ3v) is 5.04. The topological polar surface area (TPSA) is 41.1 Å². The molecule has 1 aromatic rings.